The van der Waals surface area contributed by atoms with E-state index in [0.29, 0.717) is 25.2 Å². The average molecular weight is 304 g/mol. The van der Waals surface area contributed by atoms with Gasteiger partial charge in [0.15, 0.2) is 0 Å². The molecule has 2 amide bonds. The zero-order valence-electron chi connectivity index (χ0n) is 11.2. The maximum atomic E-state index is 12.4. The van der Waals surface area contributed by atoms with E-state index in [4.69, 9.17) is 5.26 Å². The number of aromatic amines is 1. The Morgan fingerprint density at radius 2 is 2.24 bits per heavy atom. The van der Waals surface area contributed by atoms with Gasteiger partial charge in [-0.15, -0.1) is 12.4 Å². The van der Waals surface area contributed by atoms with Crippen LogP contribution in [0.1, 0.15) is 11.3 Å². The highest BCUT2D eigenvalue weighted by Crippen LogP contribution is 2.22. The predicted molar refractivity (Wildman–Crippen MR) is 80.1 cm³/mol. The van der Waals surface area contributed by atoms with Gasteiger partial charge in [-0.1, -0.05) is 6.07 Å². The fraction of sp³-hybridized carbons (Fsp3) is 0.214. The van der Waals surface area contributed by atoms with E-state index in [1.54, 1.807) is 40.5 Å². The van der Waals surface area contributed by atoms with Crippen LogP contribution in [0.2, 0.25) is 0 Å². The molecule has 108 valence electrons. The van der Waals surface area contributed by atoms with Crippen molar-refractivity contribution in [1.82, 2.24) is 14.9 Å². The van der Waals surface area contributed by atoms with Crippen LogP contribution in [0.25, 0.3) is 0 Å². The van der Waals surface area contributed by atoms with Crippen molar-refractivity contribution in [1.29, 1.82) is 5.26 Å². The SMILES string of the molecule is Cl.N#Cc1cccc(N2CCN(Cc3c[nH]cn3)C2=O)c1. The van der Waals surface area contributed by atoms with E-state index in [1.807, 2.05) is 6.07 Å². The van der Waals surface area contributed by atoms with Gasteiger partial charge in [-0.3, -0.25) is 4.90 Å². The minimum absolute atomic E-state index is 0. The minimum atomic E-state index is -0.0527. The van der Waals surface area contributed by atoms with Crippen molar-refractivity contribution in [3.05, 3.63) is 48.0 Å². The Labute approximate surface area is 128 Å². The Hall–Kier alpha value is -2.52. The summed E-state index contributed by atoms with van der Waals surface area (Å²) in [7, 11) is 0. The Morgan fingerprint density at radius 3 is 2.95 bits per heavy atom. The molecule has 1 saturated heterocycles. The molecule has 0 unspecified atom stereocenters. The van der Waals surface area contributed by atoms with Crippen molar-refractivity contribution in [2.24, 2.45) is 0 Å². The van der Waals surface area contributed by atoms with Crippen LogP contribution in [0.5, 0.6) is 0 Å². The summed E-state index contributed by atoms with van der Waals surface area (Å²) in [4.78, 5) is 22.8. The first-order chi connectivity index (χ1) is 9.78. The van der Waals surface area contributed by atoms with Gasteiger partial charge in [0.2, 0.25) is 0 Å². The van der Waals surface area contributed by atoms with E-state index in [-0.39, 0.29) is 18.4 Å². The second kappa shape index (κ2) is 6.29. The van der Waals surface area contributed by atoms with Crippen molar-refractivity contribution in [2.75, 3.05) is 18.0 Å². The summed E-state index contributed by atoms with van der Waals surface area (Å²) < 4.78 is 0. The molecule has 1 aromatic heterocycles. The largest absolute Gasteiger partial charge is 0.351 e. The standard InChI is InChI=1S/C14H13N5O.ClH/c15-7-11-2-1-3-13(6-11)19-5-4-18(14(19)20)9-12-8-16-10-17-12;/h1-3,6,8,10H,4-5,9H2,(H,16,17);1H. The number of H-pyrrole nitrogens is 1. The number of aromatic nitrogens is 2. The van der Waals surface area contributed by atoms with Crippen LogP contribution < -0.4 is 4.90 Å². The van der Waals surface area contributed by atoms with Gasteiger partial charge in [0.25, 0.3) is 0 Å². The molecule has 6 nitrogen and oxygen atoms in total. The smallest absolute Gasteiger partial charge is 0.324 e. The predicted octanol–water partition coefficient (Wildman–Crippen LogP) is 2.15. The number of hydrogen-bond acceptors (Lipinski definition) is 3. The van der Waals surface area contributed by atoms with Gasteiger partial charge in [0, 0.05) is 25.0 Å². The number of nitrogens with zero attached hydrogens (tertiary/aromatic N) is 4. The van der Waals surface area contributed by atoms with Crippen LogP contribution in [0.15, 0.2) is 36.8 Å². The maximum Gasteiger partial charge on any atom is 0.324 e. The van der Waals surface area contributed by atoms with Gasteiger partial charge in [-0.05, 0) is 18.2 Å². The van der Waals surface area contributed by atoms with Crippen LogP contribution in [0, 0.1) is 11.3 Å². The Morgan fingerprint density at radius 1 is 1.38 bits per heavy atom. The lowest BCUT2D eigenvalue weighted by molar-refractivity contribution is 0.218. The molecule has 1 aromatic carbocycles. The number of hydrogen-bond donors (Lipinski definition) is 1. The third kappa shape index (κ3) is 2.98. The number of benzene rings is 1. The Bertz CT molecular complexity index is 664. The van der Waals surface area contributed by atoms with Gasteiger partial charge in [0.05, 0.1) is 30.2 Å². The number of carbonyl (C=O) groups excluding carboxylic acids is 1. The van der Waals surface area contributed by atoms with Gasteiger partial charge in [-0.2, -0.15) is 5.26 Å². The summed E-state index contributed by atoms with van der Waals surface area (Å²) in [5.41, 5.74) is 2.16. The molecular formula is C14H14ClN5O. The molecule has 0 aliphatic carbocycles. The molecule has 1 aliphatic rings. The number of nitrogens with one attached hydrogen (secondary N) is 1. The van der Waals surface area contributed by atoms with Gasteiger partial charge >= 0.3 is 6.03 Å². The van der Waals surface area contributed by atoms with Crippen molar-refractivity contribution >= 4 is 24.1 Å². The van der Waals surface area contributed by atoms with Crippen LogP contribution in [0.3, 0.4) is 0 Å². The van der Waals surface area contributed by atoms with Crippen LogP contribution in [-0.2, 0) is 6.54 Å². The maximum absolute atomic E-state index is 12.4. The molecular weight excluding hydrogens is 290 g/mol. The number of carbonyl (C=O) groups is 1. The molecule has 1 aliphatic heterocycles. The summed E-state index contributed by atoms with van der Waals surface area (Å²) in [6.45, 7) is 1.78. The Balaban J connectivity index is 0.00000161. The zero-order chi connectivity index (χ0) is 13.9. The molecule has 0 bridgehead atoms. The molecule has 3 rings (SSSR count). The quantitative estimate of drug-likeness (QED) is 0.944. The van der Waals surface area contributed by atoms with E-state index in [2.05, 4.69) is 16.0 Å². The molecule has 2 heterocycles. The van der Waals surface area contributed by atoms with Crippen molar-refractivity contribution in [3.63, 3.8) is 0 Å². The van der Waals surface area contributed by atoms with Crippen molar-refractivity contribution in [3.8, 4) is 6.07 Å². The summed E-state index contributed by atoms with van der Waals surface area (Å²) in [5.74, 6) is 0. The topological polar surface area (TPSA) is 76.0 Å². The second-order valence-corrected chi connectivity index (χ2v) is 4.58. The number of urea groups is 1. The van der Waals surface area contributed by atoms with Crippen LogP contribution in [0.4, 0.5) is 10.5 Å². The van der Waals surface area contributed by atoms with Gasteiger partial charge in [0.1, 0.15) is 0 Å². The average Bonchev–Trinajstić information content (AvgIpc) is 3.11. The highest BCUT2D eigenvalue weighted by atomic mass is 35.5. The molecule has 0 radical (unpaired) electrons. The lowest BCUT2D eigenvalue weighted by atomic mass is 10.2. The summed E-state index contributed by atoms with van der Waals surface area (Å²) >= 11 is 0. The highest BCUT2D eigenvalue weighted by Gasteiger charge is 2.29. The van der Waals surface area contributed by atoms with Crippen LogP contribution in [-0.4, -0.2) is 34.0 Å². The van der Waals surface area contributed by atoms with Crippen LogP contribution >= 0.6 is 12.4 Å². The monoisotopic (exact) mass is 303 g/mol. The molecule has 2 aromatic rings. The third-order valence-electron chi connectivity index (χ3n) is 3.29. The highest BCUT2D eigenvalue weighted by molar-refractivity contribution is 5.94. The first-order valence-corrected chi connectivity index (χ1v) is 6.32. The van der Waals surface area contributed by atoms with E-state index in [9.17, 15) is 4.79 Å². The number of rotatable bonds is 3. The normalized spacial score (nSPS) is 14.0. The summed E-state index contributed by atoms with van der Waals surface area (Å²) in [6, 6.07) is 9.13. The molecule has 0 atom stereocenters. The molecule has 7 heteroatoms. The lowest BCUT2D eigenvalue weighted by Crippen LogP contribution is -2.31. The molecule has 0 saturated carbocycles. The van der Waals surface area contributed by atoms with E-state index >= 15 is 0 Å². The third-order valence-corrected chi connectivity index (χ3v) is 3.29. The zero-order valence-corrected chi connectivity index (χ0v) is 12.0. The fourth-order valence-electron chi connectivity index (χ4n) is 2.29. The van der Waals surface area contributed by atoms with Crippen molar-refractivity contribution in [2.45, 2.75) is 6.54 Å². The van der Waals surface area contributed by atoms with E-state index in [0.717, 1.165) is 11.4 Å². The number of anilines is 1. The number of amides is 2. The molecule has 21 heavy (non-hydrogen) atoms. The molecule has 1 N–H and O–H groups in total. The summed E-state index contributed by atoms with van der Waals surface area (Å²) in [6.07, 6.45) is 3.39. The van der Waals surface area contributed by atoms with Gasteiger partial charge < -0.3 is 9.88 Å². The first-order valence-electron chi connectivity index (χ1n) is 6.32. The minimum Gasteiger partial charge on any atom is -0.351 e. The number of imidazole rings is 1. The number of halogens is 1. The fourth-order valence-corrected chi connectivity index (χ4v) is 2.29. The Kier molecular flexibility index (Phi) is 4.45. The van der Waals surface area contributed by atoms with E-state index < -0.39 is 0 Å². The lowest BCUT2D eigenvalue weighted by Gasteiger charge is -2.18. The van der Waals surface area contributed by atoms with E-state index in [1.165, 1.54) is 0 Å². The molecule has 0 spiro atoms. The molecule has 1 fully saturated rings. The second-order valence-electron chi connectivity index (χ2n) is 4.58. The summed E-state index contributed by atoms with van der Waals surface area (Å²) in [5, 5.41) is 8.92. The van der Waals surface area contributed by atoms with Crippen molar-refractivity contribution < 1.29 is 4.79 Å². The van der Waals surface area contributed by atoms with Gasteiger partial charge in [-0.25, -0.2) is 9.78 Å². The number of nitriles is 1. The first kappa shape index (κ1) is 14.9.